The van der Waals surface area contributed by atoms with Crippen LogP contribution in [0.25, 0.3) is 5.69 Å². The molecule has 0 bridgehead atoms. The number of piperazine rings is 1. The minimum Gasteiger partial charge on any atom is -0.339 e. The van der Waals surface area contributed by atoms with Crippen LogP contribution in [0.15, 0.2) is 60.3 Å². The van der Waals surface area contributed by atoms with Gasteiger partial charge in [-0.3, -0.25) is 19.2 Å². The third kappa shape index (κ3) is 4.74. The van der Waals surface area contributed by atoms with Crippen molar-refractivity contribution in [2.24, 2.45) is 0 Å². The summed E-state index contributed by atoms with van der Waals surface area (Å²) >= 11 is 1.51. The second-order valence-corrected chi connectivity index (χ2v) is 8.54. The largest absolute Gasteiger partial charge is 0.339 e. The van der Waals surface area contributed by atoms with Crippen LogP contribution in [0.1, 0.15) is 16.7 Å². The van der Waals surface area contributed by atoms with Crippen molar-refractivity contribution in [1.82, 2.24) is 24.3 Å². The van der Waals surface area contributed by atoms with Crippen molar-refractivity contribution in [3.63, 3.8) is 0 Å². The van der Waals surface area contributed by atoms with E-state index in [4.69, 9.17) is 0 Å². The number of thioether (sulfide) groups is 1. The first kappa shape index (κ1) is 20.6. The van der Waals surface area contributed by atoms with Crippen LogP contribution in [0.4, 0.5) is 0 Å². The van der Waals surface area contributed by atoms with Crippen LogP contribution in [0.5, 0.6) is 0 Å². The van der Waals surface area contributed by atoms with Gasteiger partial charge in [0.05, 0.1) is 11.4 Å². The molecule has 0 atom stereocenters. The predicted molar refractivity (Wildman–Crippen MR) is 120 cm³/mol. The van der Waals surface area contributed by atoms with E-state index in [2.05, 4.69) is 51.5 Å². The van der Waals surface area contributed by atoms with Gasteiger partial charge in [0, 0.05) is 57.5 Å². The Hall–Kier alpha value is -2.64. The van der Waals surface area contributed by atoms with Crippen molar-refractivity contribution in [3.05, 3.63) is 71.8 Å². The molecule has 0 N–H and O–H groups in total. The molecule has 0 radical (unpaired) electrons. The third-order valence-electron chi connectivity index (χ3n) is 5.65. The van der Waals surface area contributed by atoms with Gasteiger partial charge in [-0.25, -0.2) is 4.98 Å². The van der Waals surface area contributed by atoms with Crippen molar-refractivity contribution in [2.45, 2.75) is 25.5 Å². The van der Waals surface area contributed by atoms with Gasteiger partial charge in [-0.1, -0.05) is 23.9 Å². The summed E-state index contributed by atoms with van der Waals surface area (Å²) in [6.45, 7) is 8.49. The second kappa shape index (κ2) is 9.45. The van der Waals surface area contributed by atoms with Gasteiger partial charge in [0.25, 0.3) is 0 Å². The summed E-state index contributed by atoms with van der Waals surface area (Å²) in [5, 5.41) is 0.855. The summed E-state index contributed by atoms with van der Waals surface area (Å²) < 4.78 is 2.08. The van der Waals surface area contributed by atoms with Crippen LogP contribution >= 0.6 is 11.8 Å². The van der Waals surface area contributed by atoms with Crippen molar-refractivity contribution >= 4 is 17.7 Å². The topological polar surface area (TPSA) is 54.3 Å². The number of imidazole rings is 1. The van der Waals surface area contributed by atoms with E-state index in [-0.39, 0.29) is 5.91 Å². The fraction of sp³-hybridized carbons (Fsp3) is 0.348. The van der Waals surface area contributed by atoms with Crippen molar-refractivity contribution in [1.29, 1.82) is 0 Å². The molecule has 1 amide bonds. The molecule has 1 aliphatic heterocycles. The highest BCUT2D eigenvalue weighted by Gasteiger charge is 2.22. The zero-order valence-electron chi connectivity index (χ0n) is 17.5. The third-order valence-corrected chi connectivity index (χ3v) is 6.60. The molecule has 1 aromatic carbocycles. The van der Waals surface area contributed by atoms with Crippen LogP contribution in [0, 0.1) is 13.8 Å². The fourth-order valence-corrected chi connectivity index (χ4v) is 4.56. The van der Waals surface area contributed by atoms with Crippen molar-refractivity contribution in [3.8, 4) is 5.69 Å². The minimum absolute atomic E-state index is 0.180. The van der Waals surface area contributed by atoms with Crippen LogP contribution in [0.3, 0.4) is 0 Å². The molecule has 1 saturated heterocycles. The lowest BCUT2D eigenvalue weighted by molar-refractivity contribution is -0.130. The Morgan fingerprint density at radius 2 is 1.80 bits per heavy atom. The van der Waals surface area contributed by atoms with Gasteiger partial charge in [0.1, 0.15) is 0 Å². The van der Waals surface area contributed by atoms with E-state index in [1.54, 1.807) is 6.20 Å². The first-order valence-corrected chi connectivity index (χ1v) is 11.2. The number of benzene rings is 1. The average Bonchev–Trinajstić information content (AvgIpc) is 3.23. The average molecular weight is 422 g/mol. The number of hydrogen-bond acceptors (Lipinski definition) is 5. The molecule has 156 valence electrons. The van der Waals surface area contributed by atoms with Gasteiger partial charge in [-0.05, 0) is 48.7 Å². The molecule has 0 aliphatic carbocycles. The summed E-state index contributed by atoms with van der Waals surface area (Å²) in [7, 11) is 0. The first-order valence-electron chi connectivity index (χ1n) is 10.2. The Morgan fingerprint density at radius 3 is 2.57 bits per heavy atom. The van der Waals surface area contributed by atoms with E-state index in [1.807, 2.05) is 35.6 Å². The molecule has 0 spiro atoms. The highest BCUT2D eigenvalue weighted by Crippen LogP contribution is 2.24. The monoisotopic (exact) mass is 421 g/mol. The van der Waals surface area contributed by atoms with Crippen LogP contribution < -0.4 is 0 Å². The number of carbonyl (C=O) groups excluding carboxylic acids is 1. The maximum Gasteiger partial charge on any atom is 0.233 e. The molecule has 3 heterocycles. The van der Waals surface area contributed by atoms with Crippen LogP contribution in [0.2, 0.25) is 0 Å². The lowest BCUT2D eigenvalue weighted by atomic mass is 10.1. The number of nitrogens with zero attached hydrogens (tertiary/aromatic N) is 5. The molecule has 1 aliphatic rings. The molecule has 1 fully saturated rings. The molecule has 30 heavy (non-hydrogen) atoms. The van der Waals surface area contributed by atoms with Gasteiger partial charge >= 0.3 is 0 Å². The summed E-state index contributed by atoms with van der Waals surface area (Å²) in [5.41, 5.74) is 4.86. The molecule has 7 heteroatoms. The number of aryl methyl sites for hydroxylation is 1. The minimum atomic E-state index is 0.180. The van der Waals surface area contributed by atoms with E-state index >= 15 is 0 Å². The maximum atomic E-state index is 12.8. The number of pyridine rings is 1. The molecule has 3 aromatic rings. The number of carbonyl (C=O) groups is 1. The predicted octanol–water partition coefficient (Wildman–Crippen LogP) is 3.32. The quantitative estimate of drug-likeness (QED) is 0.572. The lowest BCUT2D eigenvalue weighted by Crippen LogP contribution is -2.48. The van der Waals surface area contributed by atoms with Gasteiger partial charge in [0.15, 0.2) is 5.16 Å². The summed E-state index contributed by atoms with van der Waals surface area (Å²) in [5.74, 6) is 0.589. The fourth-order valence-electron chi connectivity index (χ4n) is 3.70. The molecule has 6 nitrogen and oxygen atoms in total. The molecule has 0 unspecified atom stereocenters. The number of amides is 1. The molecule has 0 saturated carbocycles. The van der Waals surface area contributed by atoms with Gasteiger partial charge in [-0.2, -0.15) is 0 Å². The maximum absolute atomic E-state index is 12.8. The second-order valence-electron chi connectivity index (χ2n) is 7.60. The van der Waals surface area contributed by atoms with Crippen molar-refractivity contribution in [2.75, 3.05) is 31.9 Å². The summed E-state index contributed by atoms with van der Waals surface area (Å²) in [6, 6.07) is 10.4. The van der Waals surface area contributed by atoms with Gasteiger partial charge < -0.3 is 4.90 Å². The van der Waals surface area contributed by atoms with Crippen LogP contribution in [-0.2, 0) is 11.3 Å². The summed E-state index contributed by atoms with van der Waals surface area (Å²) in [6.07, 6.45) is 7.42. The van der Waals surface area contributed by atoms with E-state index in [0.29, 0.717) is 5.75 Å². The van der Waals surface area contributed by atoms with Crippen molar-refractivity contribution < 1.29 is 4.79 Å². The van der Waals surface area contributed by atoms with Gasteiger partial charge in [0.2, 0.25) is 5.91 Å². The molecular weight excluding hydrogens is 394 g/mol. The molecule has 2 aromatic heterocycles. The van der Waals surface area contributed by atoms with Crippen LogP contribution in [-0.4, -0.2) is 62.2 Å². The lowest BCUT2D eigenvalue weighted by Gasteiger charge is -2.34. The normalized spacial score (nSPS) is 14.8. The zero-order chi connectivity index (χ0) is 20.9. The Bertz CT molecular complexity index is 996. The summed E-state index contributed by atoms with van der Waals surface area (Å²) in [4.78, 5) is 25.7. The Morgan fingerprint density at radius 1 is 1.03 bits per heavy atom. The smallest absolute Gasteiger partial charge is 0.233 e. The number of rotatable bonds is 6. The van der Waals surface area contributed by atoms with E-state index < -0.39 is 0 Å². The number of hydrogen-bond donors (Lipinski definition) is 0. The standard InChI is InChI=1S/C23H27N5OS/c1-18-4-3-5-21(19(18)2)28-11-10-25-23(28)30-17-22(29)27-14-12-26(13-15-27)16-20-6-8-24-9-7-20/h3-11H,12-17H2,1-2H3. The Kier molecular flexibility index (Phi) is 6.50. The Labute approximate surface area is 181 Å². The molecule has 4 rings (SSSR count). The Balaban J connectivity index is 1.31. The highest BCUT2D eigenvalue weighted by molar-refractivity contribution is 7.99. The van der Waals surface area contributed by atoms with E-state index in [9.17, 15) is 4.79 Å². The zero-order valence-corrected chi connectivity index (χ0v) is 18.3. The molecular formula is C23H27N5OS. The number of aromatic nitrogens is 3. The highest BCUT2D eigenvalue weighted by atomic mass is 32.2. The van der Waals surface area contributed by atoms with E-state index in [0.717, 1.165) is 43.6 Å². The van der Waals surface area contributed by atoms with E-state index in [1.165, 1.54) is 28.5 Å². The van der Waals surface area contributed by atoms with Gasteiger partial charge in [-0.15, -0.1) is 0 Å². The SMILES string of the molecule is Cc1cccc(-n2ccnc2SCC(=O)N2CCN(Cc3ccncc3)CC2)c1C. The first-order chi connectivity index (χ1) is 14.6.